The number of H-pyrrole nitrogens is 1. The predicted molar refractivity (Wildman–Crippen MR) is 289 cm³/mol. The largest absolute Gasteiger partial charge is 0.369 e. The number of thiol groups is 1. The maximum Gasteiger partial charge on any atom is 0.224 e. The molecule has 0 fully saturated rings. The Labute approximate surface area is 427 Å². The monoisotopic (exact) mass is 994 g/mol. The van der Waals surface area contributed by atoms with Crippen LogP contribution in [0.5, 0.6) is 0 Å². The van der Waals surface area contributed by atoms with Crippen LogP contribution >= 0.6 is 12.6 Å². The van der Waals surface area contributed by atoms with E-state index in [1.165, 1.54) is 103 Å². The number of rotatable bonds is 45. The van der Waals surface area contributed by atoms with Crippen LogP contribution in [0.3, 0.4) is 0 Å². The topological polar surface area (TPSA) is 197 Å². The quantitative estimate of drug-likeness (QED) is 0.0280. The van der Waals surface area contributed by atoms with Gasteiger partial charge in [-0.15, -0.1) is 0 Å². The summed E-state index contributed by atoms with van der Waals surface area (Å²) in [7, 11) is 0. The van der Waals surface area contributed by atoms with Gasteiger partial charge in [0, 0.05) is 79.3 Å². The molecule has 12 nitrogen and oxygen atoms in total. The summed E-state index contributed by atoms with van der Waals surface area (Å²) in [4.78, 5) is 95.3. The fourth-order valence-electron chi connectivity index (χ4n) is 9.22. The molecule has 2 aromatic rings. The molecule has 1 heterocycles. The van der Waals surface area contributed by atoms with Crippen LogP contribution in [0.25, 0.3) is 10.9 Å². The first kappa shape index (κ1) is 62.1. The molecule has 70 heavy (non-hydrogen) atoms. The van der Waals surface area contributed by atoms with E-state index in [0.29, 0.717) is 38.6 Å². The number of ketones is 3. The van der Waals surface area contributed by atoms with Gasteiger partial charge in [0.25, 0.3) is 0 Å². The highest BCUT2D eigenvalue weighted by molar-refractivity contribution is 7.80. The molecule has 396 valence electrons. The molecule has 6 N–H and O–H groups in total. The van der Waals surface area contributed by atoms with Gasteiger partial charge in [0.15, 0.2) is 11.6 Å². The van der Waals surface area contributed by atoms with E-state index >= 15 is 0 Å². The second-order valence-corrected chi connectivity index (χ2v) is 20.6. The Morgan fingerprint density at radius 2 is 1.14 bits per heavy atom. The number of amides is 4. The average molecular weight is 994 g/mol. The van der Waals surface area contributed by atoms with Gasteiger partial charge in [-0.1, -0.05) is 174 Å². The maximum atomic E-state index is 13.7. The summed E-state index contributed by atoms with van der Waals surface area (Å²) >= 11 is 4.31. The van der Waals surface area contributed by atoms with Crippen molar-refractivity contribution < 1.29 is 33.6 Å². The smallest absolute Gasteiger partial charge is 0.224 e. The van der Waals surface area contributed by atoms with Crippen LogP contribution in [0.2, 0.25) is 0 Å². The normalized spacial score (nSPS) is 13.6. The molecule has 0 saturated heterocycles. The van der Waals surface area contributed by atoms with Gasteiger partial charge in [0.05, 0.1) is 12.1 Å². The van der Waals surface area contributed by atoms with Crippen molar-refractivity contribution in [3.8, 4) is 0 Å². The summed E-state index contributed by atoms with van der Waals surface area (Å²) in [6, 6.07) is 5.73. The van der Waals surface area contributed by atoms with Crippen molar-refractivity contribution in [2.75, 3.05) is 12.3 Å². The van der Waals surface area contributed by atoms with Crippen molar-refractivity contribution in [3.63, 3.8) is 0 Å². The Balaban J connectivity index is 1.86. The van der Waals surface area contributed by atoms with Crippen molar-refractivity contribution >= 4 is 64.5 Å². The van der Waals surface area contributed by atoms with E-state index in [4.69, 9.17) is 5.73 Å². The summed E-state index contributed by atoms with van der Waals surface area (Å²) in [6.45, 7) is 8.14. The van der Waals surface area contributed by atoms with E-state index in [2.05, 4.69) is 47.4 Å². The fraction of sp³-hybridized carbons (Fsp3) is 0.737. The lowest BCUT2D eigenvalue weighted by Gasteiger charge is -2.22. The molecule has 0 aliphatic rings. The molecular weight excluding hydrogens is 899 g/mol. The van der Waals surface area contributed by atoms with E-state index in [0.717, 1.165) is 55.0 Å². The number of benzene rings is 1. The Morgan fingerprint density at radius 1 is 0.600 bits per heavy atom. The number of Topliss-reactive ketones (excluding diaryl/α,β-unsaturated/α-hetero) is 3. The summed E-state index contributed by atoms with van der Waals surface area (Å²) < 4.78 is 0. The molecule has 5 atom stereocenters. The van der Waals surface area contributed by atoms with Gasteiger partial charge < -0.3 is 26.7 Å². The average Bonchev–Trinajstić information content (AvgIpc) is 3.75. The number of para-hydroxylation sites is 1. The maximum absolute atomic E-state index is 13.7. The Morgan fingerprint density at radius 3 is 1.70 bits per heavy atom. The van der Waals surface area contributed by atoms with Crippen LogP contribution in [0.15, 0.2) is 30.5 Å². The van der Waals surface area contributed by atoms with Crippen molar-refractivity contribution in [1.29, 1.82) is 0 Å². The zero-order valence-electron chi connectivity index (χ0n) is 44.0. The first-order valence-electron chi connectivity index (χ1n) is 27.7. The van der Waals surface area contributed by atoms with Crippen LogP contribution in [-0.4, -0.2) is 70.3 Å². The van der Waals surface area contributed by atoms with Gasteiger partial charge in [-0.25, -0.2) is 0 Å². The molecule has 0 saturated carbocycles. The number of primary amides is 1. The number of nitrogens with two attached hydrogens (primary N) is 1. The van der Waals surface area contributed by atoms with Crippen molar-refractivity contribution in [1.82, 2.24) is 20.9 Å². The third kappa shape index (κ3) is 27.6. The minimum atomic E-state index is -0.999. The zero-order chi connectivity index (χ0) is 51.4. The summed E-state index contributed by atoms with van der Waals surface area (Å²) in [5.41, 5.74) is 7.49. The number of aromatic amines is 1. The number of carbonyl (C=O) groups excluding carboxylic acids is 7. The fourth-order valence-corrected chi connectivity index (χ4v) is 9.52. The van der Waals surface area contributed by atoms with Crippen LogP contribution < -0.4 is 21.7 Å². The van der Waals surface area contributed by atoms with E-state index in [1.54, 1.807) is 20.0 Å². The summed E-state index contributed by atoms with van der Waals surface area (Å²) in [5, 5.41) is 9.49. The lowest BCUT2D eigenvalue weighted by Crippen LogP contribution is -2.47. The van der Waals surface area contributed by atoms with Gasteiger partial charge in [0.2, 0.25) is 23.6 Å². The Kier molecular flexibility index (Phi) is 34.3. The highest BCUT2D eigenvalue weighted by Gasteiger charge is 2.30. The SMILES string of the molecule is CCCCCCCCCCCCCC(=O)C[C@@H](CCCCNC(=O)CCCCCCCCCCCCC)C(=O)N[C@@H](C)C(=O)C[C@@H](C)C(=O)N[C@@H](CS)C(=O)C[C@@H](Cc1c[nH]c2ccccc12)C(N)=O. The molecular formula is C57H95N5O7S. The van der Waals surface area contributed by atoms with E-state index in [9.17, 15) is 33.6 Å². The number of hydrogen-bond acceptors (Lipinski definition) is 8. The molecule has 0 spiro atoms. The third-order valence-corrected chi connectivity index (χ3v) is 14.3. The van der Waals surface area contributed by atoms with Crippen molar-refractivity contribution in [3.05, 3.63) is 36.0 Å². The second kappa shape index (κ2) is 38.6. The summed E-state index contributed by atoms with van der Waals surface area (Å²) in [5.74, 6) is -4.44. The minimum absolute atomic E-state index is 0.0125. The van der Waals surface area contributed by atoms with Crippen LogP contribution in [0.4, 0.5) is 0 Å². The van der Waals surface area contributed by atoms with E-state index < -0.39 is 47.4 Å². The Hall–Kier alpha value is -4.00. The molecule has 2 rings (SSSR count). The lowest BCUT2D eigenvalue weighted by molar-refractivity contribution is -0.134. The molecule has 4 amide bonds. The van der Waals surface area contributed by atoms with Crippen LogP contribution in [0.1, 0.15) is 226 Å². The molecule has 1 aromatic heterocycles. The highest BCUT2D eigenvalue weighted by Crippen LogP contribution is 2.23. The van der Waals surface area contributed by atoms with Crippen LogP contribution in [-0.2, 0) is 40.0 Å². The summed E-state index contributed by atoms with van der Waals surface area (Å²) in [6.07, 6.45) is 31.0. The molecule has 0 radical (unpaired) electrons. The van der Waals surface area contributed by atoms with Gasteiger partial charge in [-0.2, -0.15) is 12.6 Å². The predicted octanol–water partition coefficient (Wildman–Crippen LogP) is 11.5. The number of hydrogen-bond donors (Lipinski definition) is 6. The minimum Gasteiger partial charge on any atom is -0.369 e. The van der Waals surface area contributed by atoms with Crippen LogP contribution in [0, 0.1) is 17.8 Å². The second-order valence-electron chi connectivity index (χ2n) is 20.2. The lowest BCUT2D eigenvalue weighted by atomic mass is 9.91. The first-order valence-corrected chi connectivity index (χ1v) is 28.3. The number of aromatic nitrogens is 1. The number of unbranched alkanes of at least 4 members (excludes halogenated alkanes) is 21. The van der Waals surface area contributed by atoms with Gasteiger partial charge in [-0.05, 0) is 50.7 Å². The molecule has 0 bridgehead atoms. The van der Waals surface area contributed by atoms with Gasteiger partial charge >= 0.3 is 0 Å². The third-order valence-electron chi connectivity index (χ3n) is 13.9. The van der Waals surface area contributed by atoms with Gasteiger partial charge in [0.1, 0.15) is 5.78 Å². The van der Waals surface area contributed by atoms with Crippen molar-refractivity contribution in [2.45, 2.75) is 239 Å². The number of fused-ring (bicyclic) bond motifs is 1. The van der Waals surface area contributed by atoms with Gasteiger partial charge in [-0.3, -0.25) is 33.6 Å². The van der Waals surface area contributed by atoms with Crippen molar-refractivity contribution in [2.24, 2.45) is 23.5 Å². The number of carbonyl (C=O) groups is 7. The molecule has 1 aromatic carbocycles. The standard InChI is InChI=1S/C57H95N5O7S/c1-5-7-9-11-13-15-17-19-21-23-25-32-48(63)39-45(31-29-30-36-59-54(66)35-26-24-22-20-18-16-14-12-10-8-6-2)57(69)61-44(4)52(64)37-43(3)56(68)62-51(42-70)53(65)40-46(55(58)67)38-47-41-60-50-34-28-27-33-49(47)50/h27-28,33-34,41,43-46,51,60,70H,5-26,29-32,35-40,42H2,1-4H3,(H2,58,67)(H,59,66)(H,61,69)(H,62,68)/t43-,44+,45-,46-,51+/m1/s1. The zero-order valence-corrected chi connectivity index (χ0v) is 44.9. The molecule has 0 aliphatic heterocycles. The number of nitrogens with one attached hydrogen (secondary N) is 4. The first-order chi connectivity index (χ1) is 33.8. The molecule has 0 unspecified atom stereocenters. The van der Waals surface area contributed by atoms with E-state index in [1.807, 2.05) is 24.3 Å². The molecule has 13 heteroatoms. The van der Waals surface area contributed by atoms with E-state index in [-0.39, 0.29) is 54.8 Å². The highest BCUT2D eigenvalue weighted by atomic mass is 32.1. The Bertz CT molecular complexity index is 1820. The molecule has 0 aliphatic carbocycles.